The van der Waals surface area contributed by atoms with Gasteiger partial charge in [0.05, 0.1) is 5.75 Å². The number of benzene rings is 1. The highest BCUT2D eigenvalue weighted by Gasteiger charge is 2.65. The molecule has 2 saturated heterocycles. The Hall–Kier alpha value is -1.75. The number of rotatable bonds is 6. The van der Waals surface area contributed by atoms with Gasteiger partial charge in [0.1, 0.15) is 5.82 Å². The van der Waals surface area contributed by atoms with Gasteiger partial charge < -0.3 is 15.3 Å². The summed E-state index contributed by atoms with van der Waals surface area (Å²) in [5, 5.41) is 13.4. The smallest absolute Gasteiger partial charge is 0.264 e. The fourth-order valence-corrected chi connectivity index (χ4v) is 6.00. The molecular weight excluding hydrogens is 437 g/mol. The summed E-state index contributed by atoms with van der Waals surface area (Å²) in [7, 11) is -3.26. The minimum absolute atomic E-state index is 0.0372. The van der Waals surface area contributed by atoms with Gasteiger partial charge in [-0.25, -0.2) is 17.1 Å². The summed E-state index contributed by atoms with van der Waals surface area (Å²) >= 11 is 5.79. The van der Waals surface area contributed by atoms with E-state index in [1.165, 1.54) is 21.3 Å². The molecule has 2 amide bonds. The van der Waals surface area contributed by atoms with E-state index in [0.29, 0.717) is 18.7 Å². The van der Waals surface area contributed by atoms with Gasteiger partial charge in [0, 0.05) is 43.7 Å². The van der Waals surface area contributed by atoms with Gasteiger partial charge in [-0.05, 0) is 42.5 Å². The number of halogens is 2. The third-order valence-corrected chi connectivity index (χ3v) is 8.35. The monoisotopic (exact) mass is 459 g/mol. The summed E-state index contributed by atoms with van der Waals surface area (Å²) < 4.78 is 38.9. The van der Waals surface area contributed by atoms with Crippen LogP contribution in [0.1, 0.15) is 18.9 Å². The van der Waals surface area contributed by atoms with Crippen LogP contribution < -0.4 is 5.32 Å². The van der Waals surface area contributed by atoms with Gasteiger partial charge in [-0.1, -0.05) is 11.6 Å². The number of hydrogen-bond donors (Lipinski definition) is 2. The maximum Gasteiger partial charge on any atom is 0.264 e. The zero-order chi connectivity index (χ0) is 21.8. The second-order valence-electron chi connectivity index (χ2n) is 8.11. The third-order valence-electron chi connectivity index (χ3n) is 6.31. The van der Waals surface area contributed by atoms with Crippen LogP contribution >= 0.6 is 11.6 Å². The number of fused-ring (bicyclic) bond motifs is 1. The Morgan fingerprint density at radius 1 is 1.33 bits per heavy atom. The number of carbonyl (C=O) groups excluding carboxylic acids is 2. The van der Waals surface area contributed by atoms with Crippen LogP contribution in [0, 0.1) is 17.7 Å². The molecule has 2 N–H and O–H groups in total. The molecule has 0 radical (unpaired) electrons. The lowest BCUT2D eigenvalue weighted by atomic mass is 10.0. The SMILES string of the molecule is CCS(=O)(=O)N1CC2C(N3CCC(O)(C(=O)NCc4cc(F)cc(Cl)c4)C3=O)[C@@H]2C1. The van der Waals surface area contributed by atoms with Gasteiger partial charge in [-0.3, -0.25) is 9.59 Å². The lowest BCUT2D eigenvalue weighted by molar-refractivity contribution is -0.154. The van der Waals surface area contributed by atoms with Crippen molar-refractivity contribution in [1.82, 2.24) is 14.5 Å². The fourth-order valence-electron chi connectivity index (χ4n) is 4.59. The van der Waals surface area contributed by atoms with E-state index in [1.54, 1.807) is 6.92 Å². The third kappa shape index (κ3) is 3.59. The maximum absolute atomic E-state index is 13.4. The van der Waals surface area contributed by atoms with Crippen LogP contribution in [0.3, 0.4) is 0 Å². The van der Waals surface area contributed by atoms with Gasteiger partial charge in [0.2, 0.25) is 15.6 Å². The summed E-state index contributed by atoms with van der Waals surface area (Å²) in [4.78, 5) is 26.9. The number of hydrogen-bond acceptors (Lipinski definition) is 5. The average Bonchev–Trinajstić information content (AvgIpc) is 3.01. The minimum atomic E-state index is -3.26. The van der Waals surface area contributed by atoms with E-state index < -0.39 is 33.3 Å². The molecule has 2 heterocycles. The first kappa shape index (κ1) is 21.5. The molecule has 8 nitrogen and oxygen atoms in total. The summed E-state index contributed by atoms with van der Waals surface area (Å²) in [6, 6.07) is 3.68. The van der Waals surface area contributed by atoms with Crippen LogP contribution in [-0.2, 0) is 26.2 Å². The molecule has 1 saturated carbocycles. The standard InChI is InChI=1S/C19H23ClFN3O5S/c1-2-30(28,29)23-9-14-15(10-23)16(14)24-4-3-19(27,18(24)26)17(25)22-8-11-5-12(20)7-13(21)6-11/h5-7,14-16,27H,2-4,8-10H2,1H3,(H,22,25)/t14-,15?,16?,19?/m1/s1. The predicted octanol–water partition coefficient (Wildman–Crippen LogP) is 0.339. The highest BCUT2D eigenvalue weighted by molar-refractivity contribution is 7.89. The van der Waals surface area contributed by atoms with Crippen molar-refractivity contribution in [3.8, 4) is 0 Å². The van der Waals surface area contributed by atoms with E-state index in [4.69, 9.17) is 11.6 Å². The number of aliphatic hydroxyl groups is 1. The Morgan fingerprint density at radius 3 is 2.60 bits per heavy atom. The molecule has 4 atom stereocenters. The summed E-state index contributed by atoms with van der Waals surface area (Å²) in [5.74, 6) is -1.94. The van der Waals surface area contributed by atoms with Gasteiger partial charge >= 0.3 is 0 Å². The largest absolute Gasteiger partial charge is 0.372 e. The topological polar surface area (TPSA) is 107 Å². The van der Waals surface area contributed by atoms with Crippen LogP contribution in [-0.4, -0.2) is 71.6 Å². The Labute approximate surface area is 179 Å². The molecule has 0 aromatic heterocycles. The van der Waals surface area contributed by atoms with Crippen molar-refractivity contribution in [3.63, 3.8) is 0 Å². The number of likely N-dealkylation sites (tertiary alicyclic amines) is 1. The van der Waals surface area contributed by atoms with Crippen molar-refractivity contribution in [2.75, 3.05) is 25.4 Å². The van der Waals surface area contributed by atoms with E-state index in [9.17, 15) is 27.5 Å². The molecular formula is C19H23ClFN3O5S. The predicted molar refractivity (Wildman–Crippen MR) is 106 cm³/mol. The second kappa shape index (κ2) is 7.44. The molecule has 3 aliphatic rings. The number of amides is 2. The van der Waals surface area contributed by atoms with Crippen molar-refractivity contribution in [3.05, 3.63) is 34.6 Å². The van der Waals surface area contributed by atoms with E-state index >= 15 is 0 Å². The summed E-state index contributed by atoms with van der Waals surface area (Å²) in [6.45, 7) is 2.47. The Morgan fingerprint density at radius 2 is 2.00 bits per heavy atom. The van der Waals surface area contributed by atoms with Gasteiger partial charge in [-0.15, -0.1) is 0 Å². The Kier molecular flexibility index (Phi) is 5.32. The van der Waals surface area contributed by atoms with Gasteiger partial charge in [0.25, 0.3) is 11.8 Å². The van der Waals surface area contributed by atoms with E-state index in [0.717, 1.165) is 6.07 Å². The molecule has 1 aromatic carbocycles. The van der Waals surface area contributed by atoms with E-state index in [-0.39, 0.29) is 48.2 Å². The van der Waals surface area contributed by atoms with E-state index in [2.05, 4.69) is 5.32 Å². The van der Waals surface area contributed by atoms with E-state index in [1.807, 2.05) is 0 Å². The molecule has 3 fully saturated rings. The quantitative estimate of drug-likeness (QED) is 0.596. The van der Waals surface area contributed by atoms with Crippen molar-refractivity contribution >= 4 is 33.4 Å². The lowest BCUT2D eigenvalue weighted by Crippen LogP contribution is -2.53. The van der Waals surface area contributed by atoms with Gasteiger partial charge in [0.15, 0.2) is 0 Å². The first-order valence-electron chi connectivity index (χ1n) is 9.81. The Balaban J connectivity index is 1.37. The van der Waals surface area contributed by atoms with Crippen molar-refractivity contribution < 1.29 is 27.5 Å². The van der Waals surface area contributed by atoms with Crippen LogP contribution in [0.15, 0.2) is 18.2 Å². The first-order valence-corrected chi connectivity index (χ1v) is 11.8. The summed E-state index contributed by atoms with van der Waals surface area (Å²) in [6.07, 6.45) is -0.0471. The molecule has 3 unspecified atom stereocenters. The molecule has 0 spiro atoms. The first-order chi connectivity index (χ1) is 14.1. The molecule has 2 aliphatic heterocycles. The van der Waals surface area contributed by atoms with Crippen molar-refractivity contribution in [2.45, 2.75) is 31.5 Å². The van der Waals surface area contributed by atoms with Crippen LogP contribution in [0.25, 0.3) is 0 Å². The zero-order valence-corrected chi connectivity index (χ0v) is 17.9. The minimum Gasteiger partial charge on any atom is -0.372 e. The molecule has 0 bridgehead atoms. The molecule has 164 valence electrons. The molecule has 4 rings (SSSR count). The van der Waals surface area contributed by atoms with Crippen LogP contribution in [0.4, 0.5) is 4.39 Å². The zero-order valence-electron chi connectivity index (χ0n) is 16.3. The summed E-state index contributed by atoms with van der Waals surface area (Å²) in [5.41, 5.74) is -1.77. The molecule has 11 heteroatoms. The Bertz CT molecular complexity index is 974. The van der Waals surface area contributed by atoms with Crippen LogP contribution in [0.2, 0.25) is 5.02 Å². The highest BCUT2D eigenvalue weighted by Crippen LogP contribution is 2.51. The second-order valence-corrected chi connectivity index (χ2v) is 10.8. The lowest BCUT2D eigenvalue weighted by Gasteiger charge is -2.25. The maximum atomic E-state index is 13.4. The number of sulfonamides is 1. The van der Waals surface area contributed by atoms with Crippen molar-refractivity contribution in [1.29, 1.82) is 0 Å². The molecule has 30 heavy (non-hydrogen) atoms. The number of carbonyl (C=O) groups is 2. The average molecular weight is 460 g/mol. The molecule has 1 aliphatic carbocycles. The van der Waals surface area contributed by atoms with Crippen LogP contribution in [0.5, 0.6) is 0 Å². The highest BCUT2D eigenvalue weighted by atomic mass is 35.5. The number of nitrogens with zero attached hydrogens (tertiary/aromatic N) is 2. The fraction of sp³-hybridized carbons (Fsp3) is 0.579. The van der Waals surface area contributed by atoms with Gasteiger partial charge in [-0.2, -0.15) is 0 Å². The van der Waals surface area contributed by atoms with Crippen molar-refractivity contribution in [2.24, 2.45) is 11.8 Å². The normalized spacial score (nSPS) is 31.1. The number of nitrogens with one attached hydrogen (secondary N) is 1. The molecule has 1 aromatic rings. The number of piperidine rings is 1.